The van der Waals surface area contributed by atoms with E-state index in [0.717, 1.165) is 0 Å². The van der Waals surface area contributed by atoms with Gasteiger partial charge in [0, 0.05) is 33.4 Å². The van der Waals surface area contributed by atoms with Gasteiger partial charge in [-0.15, -0.1) is 0 Å². The zero-order valence-corrected chi connectivity index (χ0v) is 19.0. The number of ether oxygens (including phenoxy) is 6. The van der Waals surface area contributed by atoms with Crippen molar-refractivity contribution >= 4 is 28.7 Å². The number of methoxy groups -OCH3 is 1. The predicted octanol–water partition coefficient (Wildman–Crippen LogP) is 0.785. The number of esters is 3. The molecule has 1 aromatic carbocycles. The van der Waals surface area contributed by atoms with E-state index in [0.29, 0.717) is 5.56 Å². The van der Waals surface area contributed by atoms with E-state index in [1.807, 2.05) is 6.07 Å². The first-order chi connectivity index (χ1) is 15.2. The van der Waals surface area contributed by atoms with E-state index in [1.165, 1.54) is 27.9 Å². The highest BCUT2D eigenvalue weighted by Gasteiger charge is 2.59. The number of carbonyl (C=O) groups is 3. The number of carbonyl (C=O) groups excluding carboxylic acids is 3. The topological polar surface area (TPSA) is 124 Å². The lowest BCUT2D eigenvalue weighted by molar-refractivity contribution is -0.312. The van der Waals surface area contributed by atoms with Crippen LogP contribution in [0, 0.1) is 0 Å². The molecule has 0 spiro atoms. The maximum atomic E-state index is 13.3. The zero-order valence-electron chi connectivity index (χ0n) is 18.2. The highest BCUT2D eigenvalue weighted by molar-refractivity contribution is 7.85. The number of hydrogen-bond acceptors (Lipinski definition) is 10. The van der Waals surface area contributed by atoms with Gasteiger partial charge in [0.05, 0.1) is 16.6 Å². The summed E-state index contributed by atoms with van der Waals surface area (Å²) in [7, 11) is -0.250. The Hall–Kier alpha value is -2.34. The van der Waals surface area contributed by atoms with Crippen LogP contribution >= 0.6 is 0 Å². The molecule has 2 fully saturated rings. The van der Waals surface area contributed by atoms with Gasteiger partial charge in [0.25, 0.3) is 0 Å². The van der Waals surface area contributed by atoms with Gasteiger partial charge in [-0.25, -0.2) is 0 Å². The normalized spacial score (nSPS) is 34.1. The Bertz CT molecular complexity index is 875. The molecule has 7 atom stereocenters. The summed E-state index contributed by atoms with van der Waals surface area (Å²) in [5.74, 6) is -3.37. The third-order valence-electron chi connectivity index (χ3n) is 5.11. The van der Waals surface area contributed by atoms with Gasteiger partial charge in [-0.1, -0.05) is 30.3 Å². The summed E-state index contributed by atoms with van der Waals surface area (Å²) in [6.07, 6.45) is -4.46. The van der Waals surface area contributed by atoms with Crippen molar-refractivity contribution in [1.29, 1.82) is 0 Å². The van der Waals surface area contributed by atoms with Gasteiger partial charge < -0.3 is 28.4 Å². The molecule has 2 heterocycles. The molecule has 176 valence electrons. The lowest BCUT2D eigenvalue weighted by Gasteiger charge is -2.50. The van der Waals surface area contributed by atoms with Gasteiger partial charge in [0.1, 0.15) is 18.8 Å². The average Bonchev–Trinajstić information content (AvgIpc) is 2.74. The van der Waals surface area contributed by atoms with Crippen LogP contribution in [0.25, 0.3) is 0 Å². The van der Waals surface area contributed by atoms with Crippen LogP contribution < -0.4 is 0 Å². The average molecular weight is 470 g/mol. The summed E-state index contributed by atoms with van der Waals surface area (Å²) in [4.78, 5) is 35.1. The van der Waals surface area contributed by atoms with E-state index in [2.05, 4.69) is 0 Å². The molecule has 2 aliphatic heterocycles. The summed E-state index contributed by atoms with van der Waals surface area (Å²) in [5.41, 5.74) is -0.430. The van der Waals surface area contributed by atoms with Crippen LogP contribution in [0.1, 0.15) is 26.3 Å². The first-order valence-corrected chi connectivity index (χ1v) is 11.3. The Kier molecular flexibility index (Phi) is 7.65. The second kappa shape index (κ2) is 10.1. The largest absolute Gasteiger partial charge is 0.463 e. The Morgan fingerprint density at radius 2 is 1.66 bits per heavy atom. The molecule has 0 aromatic heterocycles. The molecular formula is C21H26O10S. The fraction of sp³-hybridized carbons (Fsp3) is 0.571. The van der Waals surface area contributed by atoms with E-state index < -0.39 is 64.3 Å². The summed E-state index contributed by atoms with van der Waals surface area (Å²) in [6.45, 7) is 3.30. The van der Waals surface area contributed by atoms with Crippen molar-refractivity contribution in [2.75, 3.05) is 19.5 Å². The van der Waals surface area contributed by atoms with Gasteiger partial charge in [-0.05, 0) is 0 Å². The molecule has 10 nitrogen and oxygen atoms in total. The van der Waals surface area contributed by atoms with Gasteiger partial charge in [0.15, 0.2) is 17.6 Å². The lowest BCUT2D eigenvalue weighted by atomic mass is 9.98. The van der Waals surface area contributed by atoms with Crippen LogP contribution in [0.2, 0.25) is 0 Å². The van der Waals surface area contributed by atoms with Crippen molar-refractivity contribution in [2.24, 2.45) is 0 Å². The fourth-order valence-corrected chi connectivity index (χ4v) is 5.47. The molecule has 0 N–H and O–H groups in total. The number of benzene rings is 1. The molecule has 3 rings (SSSR count). The molecule has 0 bridgehead atoms. The third-order valence-corrected chi connectivity index (χ3v) is 6.67. The van der Waals surface area contributed by atoms with E-state index in [-0.39, 0.29) is 12.4 Å². The second-order valence-corrected chi connectivity index (χ2v) is 8.94. The van der Waals surface area contributed by atoms with Crippen molar-refractivity contribution in [1.82, 2.24) is 0 Å². The standard InChI is InChI=1S/C21H26O10S/c1-12(22)27-10-16-17(28-13(2)23)18(29-14(3)24)19-20(30-16)32(25)11-21(26-4,31-19)15-8-6-5-7-9-15/h5-9,16-20H,10-11H2,1-4H3/t16-,17-,18+,19-,20+,21-,32?/m1/s1. The van der Waals surface area contributed by atoms with Crippen molar-refractivity contribution in [3.8, 4) is 0 Å². The summed E-state index contributed by atoms with van der Waals surface area (Å²) in [5, 5.41) is 0. The summed E-state index contributed by atoms with van der Waals surface area (Å²) >= 11 is 0. The zero-order chi connectivity index (χ0) is 23.5. The van der Waals surface area contributed by atoms with Gasteiger partial charge in [-0.2, -0.15) is 0 Å². The maximum absolute atomic E-state index is 13.3. The molecule has 32 heavy (non-hydrogen) atoms. The van der Waals surface area contributed by atoms with Crippen molar-refractivity contribution in [2.45, 2.75) is 56.4 Å². The second-order valence-electron chi connectivity index (χ2n) is 7.42. The monoisotopic (exact) mass is 470 g/mol. The Labute approximate surface area is 187 Å². The van der Waals surface area contributed by atoms with Crippen molar-refractivity contribution in [3.63, 3.8) is 0 Å². The van der Waals surface area contributed by atoms with Crippen LogP contribution in [0.3, 0.4) is 0 Å². The van der Waals surface area contributed by atoms with Crippen LogP contribution in [0.5, 0.6) is 0 Å². The van der Waals surface area contributed by atoms with Crippen LogP contribution in [0.15, 0.2) is 30.3 Å². The van der Waals surface area contributed by atoms with Crippen molar-refractivity contribution < 1.29 is 47.0 Å². The van der Waals surface area contributed by atoms with Crippen LogP contribution in [0.4, 0.5) is 0 Å². The molecule has 1 aromatic rings. The minimum absolute atomic E-state index is 0.0556. The van der Waals surface area contributed by atoms with E-state index >= 15 is 0 Å². The van der Waals surface area contributed by atoms with Gasteiger partial charge in [-0.3, -0.25) is 18.6 Å². The highest BCUT2D eigenvalue weighted by Crippen LogP contribution is 2.41. The van der Waals surface area contributed by atoms with Gasteiger partial charge >= 0.3 is 17.9 Å². The highest BCUT2D eigenvalue weighted by atomic mass is 32.2. The summed E-state index contributed by atoms with van der Waals surface area (Å²) in [6, 6.07) is 8.91. The predicted molar refractivity (Wildman–Crippen MR) is 109 cm³/mol. The Morgan fingerprint density at radius 3 is 2.22 bits per heavy atom. The van der Waals surface area contributed by atoms with Crippen LogP contribution in [-0.4, -0.2) is 71.4 Å². The molecule has 0 saturated carbocycles. The van der Waals surface area contributed by atoms with E-state index in [1.54, 1.807) is 24.3 Å². The Balaban J connectivity index is 2.01. The van der Waals surface area contributed by atoms with Crippen LogP contribution in [-0.2, 0) is 59.4 Å². The third kappa shape index (κ3) is 5.17. The number of fused-ring (bicyclic) bond motifs is 1. The first kappa shape index (κ1) is 24.3. The molecule has 1 unspecified atom stereocenters. The molecule has 0 radical (unpaired) electrons. The molecule has 2 saturated heterocycles. The minimum Gasteiger partial charge on any atom is -0.463 e. The number of hydrogen-bond donors (Lipinski definition) is 0. The smallest absolute Gasteiger partial charge is 0.303 e. The summed E-state index contributed by atoms with van der Waals surface area (Å²) < 4.78 is 47.1. The Morgan fingerprint density at radius 1 is 1.03 bits per heavy atom. The molecule has 11 heteroatoms. The fourth-order valence-electron chi connectivity index (χ4n) is 3.80. The van der Waals surface area contributed by atoms with E-state index in [9.17, 15) is 18.6 Å². The first-order valence-electron chi connectivity index (χ1n) is 9.96. The number of rotatable bonds is 6. The minimum atomic E-state index is -1.67. The SMILES string of the molecule is CO[C@]1(c2ccccc2)CS(=O)[C@@H]2O[C@H](COC(C)=O)[C@@H](OC(C)=O)[C@H](OC(C)=O)[C@H]2O1. The van der Waals surface area contributed by atoms with Gasteiger partial charge in [0.2, 0.25) is 5.79 Å². The molecular weight excluding hydrogens is 444 g/mol. The van der Waals surface area contributed by atoms with Crippen molar-refractivity contribution in [3.05, 3.63) is 35.9 Å². The maximum Gasteiger partial charge on any atom is 0.303 e. The quantitative estimate of drug-likeness (QED) is 0.435. The molecule has 0 aliphatic carbocycles. The molecule has 2 aliphatic rings. The molecule has 0 amide bonds. The van der Waals surface area contributed by atoms with E-state index in [4.69, 9.17) is 28.4 Å². The lowest BCUT2D eigenvalue weighted by Crippen LogP contribution is -2.67.